The first kappa shape index (κ1) is 11.5. The molecular weight excluding hydrogens is 214 g/mol. The van der Waals surface area contributed by atoms with Crippen molar-refractivity contribution in [1.29, 1.82) is 0 Å². The fourth-order valence-corrected chi connectivity index (χ4v) is 1.69. The van der Waals surface area contributed by atoms with E-state index >= 15 is 0 Å². The Morgan fingerprint density at radius 3 is 3.00 bits per heavy atom. The highest BCUT2D eigenvalue weighted by Crippen LogP contribution is 2.25. The first-order chi connectivity index (χ1) is 8.31. The number of carbonyl (C=O) groups is 1. The summed E-state index contributed by atoms with van der Waals surface area (Å²) in [6.45, 7) is 1.42. The third-order valence-electron chi connectivity index (χ3n) is 2.71. The maximum Gasteiger partial charge on any atom is 0.228 e. The second kappa shape index (κ2) is 5.40. The van der Waals surface area contributed by atoms with Gasteiger partial charge in [-0.15, -0.1) is 12.3 Å². The molecule has 3 heteroatoms. The van der Waals surface area contributed by atoms with Gasteiger partial charge in [0.15, 0.2) is 0 Å². The fraction of sp³-hybridized carbons (Fsp3) is 0.357. The van der Waals surface area contributed by atoms with E-state index in [2.05, 4.69) is 5.92 Å². The second-order valence-electron chi connectivity index (χ2n) is 3.95. The minimum absolute atomic E-state index is 0.175. The van der Waals surface area contributed by atoms with Gasteiger partial charge in [0.2, 0.25) is 5.91 Å². The van der Waals surface area contributed by atoms with Crippen LogP contribution in [-0.4, -0.2) is 19.1 Å². The quantitative estimate of drug-likeness (QED) is 0.440. The van der Waals surface area contributed by atoms with Crippen LogP contribution in [0.25, 0.3) is 0 Å². The lowest BCUT2D eigenvalue weighted by Crippen LogP contribution is -2.43. The summed E-state index contributed by atoms with van der Waals surface area (Å²) in [5.41, 5.74) is 0.913. The minimum Gasteiger partial charge on any atom is -0.493 e. The van der Waals surface area contributed by atoms with Gasteiger partial charge in [-0.3, -0.25) is 4.79 Å². The summed E-state index contributed by atoms with van der Waals surface area (Å²) in [6, 6.07) is 7.61. The van der Waals surface area contributed by atoms with Gasteiger partial charge in [-0.1, -0.05) is 6.07 Å². The first-order valence-corrected chi connectivity index (χ1v) is 5.78. The fourth-order valence-electron chi connectivity index (χ4n) is 1.69. The Labute approximate surface area is 101 Å². The highest BCUT2D eigenvalue weighted by Gasteiger charge is 2.25. The molecule has 0 saturated carbocycles. The lowest BCUT2D eigenvalue weighted by atomic mass is 10.1. The molecule has 0 atom stereocenters. The molecule has 17 heavy (non-hydrogen) atoms. The zero-order valence-corrected chi connectivity index (χ0v) is 9.69. The van der Waals surface area contributed by atoms with Crippen molar-refractivity contribution in [2.45, 2.75) is 19.3 Å². The van der Waals surface area contributed by atoms with E-state index in [0.29, 0.717) is 13.0 Å². The van der Waals surface area contributed by atoms with Crippen LogP contribution >= 0.6 is 0 Å². The standard InChI is InChI=1S/C14H15NO2/c1-2-3-4-10-17-13-7-5-6-12(11-13)15-9-8-14(15)16/h1,5-7,11H,3-4,8-10H2. The number of rotatable bonds is 5. The van der Waals surface area contributed by atoms with Gasteiger partial charge in [-0.05, 0) is 18.6 Å². The van der Waals surface area contributed by atoms with E-state index in [1.54, 1.807) is 4.90 Å². The van der Waals surface area contributed by atoms with Crippen LogP contribution in [0.1, 0.15) is 19.3 Å². The Bertz CT molecular complexity index is 448. The maximum atomic E-state index is 11.3. The number of hydrogen-bond acceptors (Lipinski definition) is 2. The number of unbranched alkanes of at least 4 members (excludes halogenated alkanes) is 1. The topological polar surface area (TPSA) is 29.5 Å². The van der Waals surface area contributed by atoms with Gasteiger partial charge in [-0.2, -0.15) is 0 Å². The third kappa shape index (κ3) is 2.79. The van der Waals surface area contributed by atoms with Crippen molar-refractivity contribution >= 4 is 11.6 Å². The monoisotopic (exact) mass is 229 g/mol. The smallest absolute Gasteiger partial charge is 0.228 e. The zero-order valence-electron chi connectivity index (χ0n) is 9.69. The Morgan fingerprint density at radius 2 is 2.35 bits per heavy atom. The molecule has 0 aliphatic carbocycles. The largest absolute Gasteiger partial charge is 0.493 e. The van der Waals surface area contributed by atoms with Gasteiger partial charge in [0.1, 0.15) is 5.75 Å². The molecule has 3 nitrogen and oxygen atoms in total. The molecule has 1 aromatic rings. The Hall–Kier alpha value is -1.95. The van der Waals surface area contributed by atoms with Crippen LogP contribution in [-0.2, 0) is 4.79 Å². The van der Waals surface area contributed by atoms with Gasteiger partial charge in [0.05, 0.1) is 6.61 Å². The third-order valence-corrected chi connectivity index (χ3v) is 2.71. The first-order valence-electron chi connectivity index (χ1n) is 5.78. The second-order valence-corrected chi connectivity index (χ2v) is 3.95. The zero-order chi connectivity index (χ0) is 12.1. The van der Waals surface area contributed by atoms with Crippen LogP contribution in [0.5, 0.6) is 5.75 Å². The number of hydrogen-bond donors (Lipinski definition) is 0. The molecular formula is C14H15NO2. The molecule has 1 fully saturated rings. The van der Waals surface area contributed by atoms with Crippen molar-refractivity contribution in [1.82, 2.24) is 0 Å². The number of ether oxygens (including phenoxy) is 1. The average Bonchev–Trinajstić information content (AvgIpc) is 2.33. The average molecular weight is 229 g/mol. The number of carbonyl (C=O) groups excluding carboxylic acids is 1. The predicted molar refractivity (Wildman–Crippen MR) is 67.0 cm³/mol. The van der Waals surface area contributed by atoms with Gasteiger partial charge < -0.3 is 9.64 Å². The van der Waals surface area contributed by atoms with Gasteiger partial charge >= 0.3 is 0 Å². The summed E-state index contributed by atoms with van der Waals surface area (Å²) < 4.78 is 5.57. The SMILES string of the molecule is C#CCCCOc1cccc(N2CCC2=O)c1. The van der Waals surface area contributed by atoms with E-state index in [-0.39, 0.29) is 5.91 Å². The van der Waals surface area contributed by atoms with Crippen LogP contribution in [0, 0.1) is 12.3 Å². The van der Waals surface area contributed by atoms with Gasteiger partial charge in [0, 0.05) is 31.1 Å². The van der Waals surface area contributed by atoms with E-state index in [1.807, 2.05) is 24.3 Å². The number of amides is 1. The van der Waals surface area contributed by atoms with Crippen molar-refractivity contribution in [3.63, 3.8) is 0 Å². The van der Waals surface area contributed by atoms with Crippen molar-refractivity contribution in [3.05, 3.63) is 24.3 Å². The number of β-lactam (4-membered cyclic amide) rings is 1. The summed E-state index contributed by atoms with van der Waals surface area (Å²) in [5.74, 6) is 3.54. The summed E-state index contributed by atoms with van der Waals surface area (Å²) in [4.78, 5) is 13.1. The maximum absolute atomic E-state index is 11.3. The molecule has 88 valence electrons. The molecule has 1 saturated heterocycles. The molecule has 0 radical (unpaired) electrons. The molecule has 0 spiro atoms. The molecule has 1 aromatic carbocycles. The summed E-state index contributed by atoms with van der Waals surface area (Å²) in [7, 11) is 0. The molecule has 2 rings (SSSR count). The Kier molecular flexibility index (Phi) is 3.66. The van der Waals surface area contributed by atoms with E-state index in [0.717, 1.165) is 30.8 Å². The minimum atomic E-state index is 0.175. The van der Waals surface area contributed by atoms with Crippen molar-refractivity contribution < 1.29 is 9.53 Å². The number of benzene rings is 1. The Balaban J connectivity index is 1.92. The lowest BCUT2D eigenvalue weighted by molar-refractivity contribution is -0.122. The summed E-state index contributed by atoms with van der Waals surface area (Å²) >= 11 is 0. The normalized spacial score (nSPS) is 14.1. The molecule has 0 N–H and O–H groups in total. The van der Waals surface area contributed by atoms with Crippen LogP contribution < -0.4 is 9.64 Å². The molecule has 0 bridgehead atoms. The predicted octanol–water partition coefficient (Wildman–Crippen LogP) is 2.22. The Morgan fingerprint density at radius 1 is 1.47 bits per heavy atom. The molecule has 0 aromatic heterocycles. The highest BCUT2D eigenvalue weighted by molar-refractivity contribution is 5.99. The number of anilines is 1. The molecule has 1 heterocycles. The number of terminal acetylenes is 1. The summed E-state index contributed by atoms with van der Waals surface area (Å²) in [5, 5.41) is 0. The van der Waals surface area contributed by atoms with E-state index in [9.17, 15) is 4.79 Å². The van der Waals surface area contributed by atoms with Gasteiger partial charge in [-0.25, -0.2) is 0 Å². The van der Waals surface area contributed by atoms with Gasteiger partial charge in [0.25, 0.3) is 0 Å². The van der Waals surface area contributed by atoms with Crippen LogP contribution in [0.2, 0.25) is 0 Å². The van der Waals surface area contributed by atoms with E-state index in [1.165, 1.54) is 0 Å². The van der Waals surface area contributed by atoms with E-state index in [4.69, 9.17) is 11.2 Å². The van der Waals surface area contributed by atoms with Crippen LogP contribution in [0.3, 0.4) is 0 Å². The molecule has 1 amide bonds. The van der Waals surface area contributed by atoms with E-state index < -0.39 is 0 Å². The molecule has 0 unspecified atom stereocenters. The molecule has 1 aliphatic heterocycles. The van der Waals surface area contributed by atoms with Crippen molar-refractivity contribution in [3.8, 4) is 18.1 Å². The molecule has 1 aliphatic rings. The van der Waals surface area contributed by atoms with Crippen LogP contribution in [0.15, 0.2) is 24.3 Å². The van der Waals surface area contributed by atoms with Crippen LogP contribution in [0.4, 0.5) is 5.69 Å². The summed E-state index contributed by atoms with van der Waals surface area (Å²) in [6.07, 6.45) is 7.39. The van der Waals surface area contributed by atoms with Crippen molar-refractivity contribution in [2.24, 2.45) is 0 Å². The lowest BCUT2D eigenvalue weighted by Gasteiger charge is -2.30. The number of nitrogens with zero attached hydrogens (tertiary/aromatic N) is 1. The highest BCUT2D eigenvalue weighted by atomic mass is 16.5. The van der Waals surface area contributed by atoms with Crippen molar-refractivity contribution in [2.75, 3.05) is 18.1 Å².